The SMILES string of the molecule is CCN(CCSC(F)(F)F)CC1CCNCC1. The van der Waals surface area contributed by atoms with E-state index in [1.54, 1.807) is 0 Å². The van der Waals surface area contributed by atoms with Crippen LogP contribution in [0.25, 0.3) is 0 Å². The van der Waals surface area contributed by atoms with Crippen LogP contribution in [-0.2, 0) is 0 Å². The first-order chi connectivity index (χ1) is 8.01. The second-order valence-corrected chi connectivity index (χ2v) is 5.54. The molecule has 1 aliphatic rings. The van der Waals surface area contributed by atoms with Gasteiger partial charge >= 0.3 is 5.51 Å². The minimum atomic E-state index is -4.09. The highest BCUT2D eigenvalue weighted by Gasteiger charge is 2.28. The Morgan fingerprint density at radius 1 is 1.29 bits per heavy atom. The smallest absolute Gasteiger partial charge is 0.317 e. The summed E-state index contributed by atoms with van der Waals surface area (Å²) in [6.45, 7) is 6.40. The summed E-state index contributed by atoms with van der Waals surface area (Å²) in [6, 6.07) is 0. The molecule has 0 aromatic heterocycles. The Kier molecular flexibility index (Phi) is 6.66. The van der Waals surface area contributed by atoms with Gasteiger partial charge in [0.05, 0.1) is 0 Å². The summed E-state index contributed by atoms with van der Waals surface area (Å²) < 4.78 is 36.0. The minimum Gasteiger partial charge on any atom is -0.317 e. The fourth-order valence-corrected chi connectivity index (χ4v) is 2.68. The van der Waals surface area contributed by atoms with E-state index in [0.717, 1.165) is 39.0 Å². The number of hydrogen-bond acceptors (Lipinski definition) is 3. The molecule has 2 nitrogen and oxygen atoms in total. The second-order valence-electron chi connectivity index (χ2n) is 4.38. The van der Waals surface area contributed by atoms with E-state index in [1.807, 2.05) is 6.92 Å². The molecule has 1 fully saturated rings. The Hall–Kier alpha value is 0.0600. The third-order valence-corrected chi connectivity index (χ3v) is 3.81. The zero-order chi connectivity index (χ0) is 12.7. The van der Waals surface area contributed by atoms with Gasteiger partial charge in [0.15, 0.2) is 0 Å². The molecule has 0 aliphatic carbocycles. The van der Waals surface area contributed by atoms with Gasteiger partial charge in [-0.05, 0) is 50.2 Å². The molecule has 17 heavy (non-hydrogen) atoms. The van der Waals surface area contributed by atoms with Gasteiger partial charge in [0.2, 0.25) is 0 Å². The van der Waals surface area contributed by atoms with Crippen LogP contribution >= 0.6 is 11.8 Å². The van der Waals surface area contributed by atoms with Gasteiger partial charge in [-0.25, -0.2) is 0 Å². The van der Waals surface area contributed by atoms with E-state index in [9.17, 15) is 13.2 Å². The van der Waals surface area contributed by atoms with E-state index in [4.69, 9.17) is 0 Å². The zero-order valence-corrected chi connectivity index (χ0v) is 11.0. The van der Waals surface area contributed by atoms with Crippen LogP contribution in [0.2, 0.25) is 0 Å². The van der Waals surface area contributed by atoms with Crippen LogP contribution in [0.15, 0.2) is 0 Å². The summed E-state index contributed by atoms with van der Waals surface area (Å²) in [5.74, 6) is 0.787. The maximum absolute atomic E-state index is 12.0. The third-order valence-electron chi connectivity index (χ3n) is 3.10. The number of alkyl halides is 3. The summed E-state index contributed by atoms with van der Waals surface area (Å²) >= 11 is 0.0853. The molecule has 102 valence electrons. The molecule has 0 atom stereocenters. The van der Waals surface area contributed by atoms with Gasteiger partial charge in [0.25, 0.3) is 0 Å². The molecule has 0 aromatic rings. The summed E-state index contributed by atoms with van der Waals surface area (Å²) in [6.07, 6.45) is 2.28. The fraction of sp³-hybridized carbons (Fsp3) is 1.00. The summed E-state index contributed by atoms with van der Waals surface area (Å²) in [5.41, 5.74) is -4.09. The van der Waals surface area contributed by atoms with Crippen molar-refractivity contribution in [2.75, 3.05) is 38.5 Å². The van der Waals surface area contributed by atoms with Gasteiger partial charge in [0.1, 0.15) is 0 Å². The highest BCUT2D eigenvalue weighted by Crippen LogP contribution is 2.29. The van der Waals surface area contributed by atoms with Crippen LogP contribution in [-0.4, -0.2) is 48.9 Å². The minimum absolute atomic E-state index is 0.0853. The molecule has 1 aliphatic heterocycles. The van der Waals surface area contributed by atoms with Crippen LogP contribution in [0, 0.1) is 5.92 Å². The molecule has 6 heteroatoms. The van der Waals surface area contributed by atoms with E-state index in [1.165, 1.54) is 0 Å². The van der Waals surface area contributed by atoms with E-state index in [2.05, 4.69) is 10.2 Å². The molecule has 0 bridgehead atoms. The van der Waals surface area contributed by atoms with E-state index >= 15 is 0 Å². The molecular weight excluding hydrogens is 249 g/mol. The maximum Gasteiger partial charge on any atom is 0.441 e. The monoisotopic (exact) mass is 270 g/mol. The highest BCUT2D eigenvalue weighted by atomic mass is 32.2. The first-order valence-corrected chi connectivity index (χ1v) is 7.13. The predicted octanol–water partition coefficient (Wildman–Crippen LogP) is 2.56. The predicted molar refractivity (Wildman–Crippen MR) is 66.2 cm³/mol. The molecule has 0 unspecified atom stereocenters. The quantitative estimate of drug-likeness (QED) is 0.798. The fourth-order valence-electron chi connectivity index (χ4n) is 2.10. The first-order valence-electron chi connectivity index (χ1n) is 6.15. The number of halogens is 3. The summed E-state index contributed by atoms with van der Waals surface area (Å²) in [5, 5.41) is 3.30. The zero-order valence-electron chi connectivity index (χ0n) is 10.2. The van der Waals surface area contributed by atoms with Gasteiger partial charge in [-0.3, -0.25) is 0 Å². The van der Waals surface area contributed by atoms with E-state index < -0.39 is 5.51 Å². The third kappa shape index (κ3) is 7.16. The van der Waals surface area contributed by atoms with Crippen molar-refractivity contribution in [3.8, 4) is 0 Å². The molecule has 0 saturated carbocycles. The van der Waals surface area contributed by atoms with E-state index in [0.29, 0.717) is 12.5 Å². The Bertz CT molecular complexity index is 205. The van der Waals surface area contributed by atoms with Gasteiger partial charge in [0, 0.05) is 18.8 Å². The lowest BCUT2D eigenvalue weighted by molar-refractivity contribution is -0.0328. The number of rotatable bonds is 6. The highest BCUT2D eigenvalue weighted by molar-refractivity contribution is 8.00. The Morgan fingerprint density at radius 3 is 2.47 bits per heavy atom. The van der Waals surface area contributed by atoms with Crippen LogP contribution < -0.4 is 5.32 Å². The lowest BCUT2D eigenvalue weighted by Gasteiger charge is -2.29. The van der Waals surface area contributed by atoms with Crippen molar-refractivity contribution in [3.05, 3.63) is 0 Å². The lowest BCUT2D eigenvalue weighted by Crippen LogP contribution is -2.37. The lowest BCUT2D eigenvalue weighted by atomic mass is 9.97. The van der Waals surface area contributed by atoms with Gasteiger partial charge < -0.3 is 10.2 Å². The molecular formula is C11H21F3N2S. The van der Waals surface area contributed by atoms with Crippen molar-refractivity contribution < 1.29 is 13.2 Å². The van der Waals surface area contributed by atoms with Crippen molar-refractivity contribution in [2.24, 2.45) is 5.92 Å². The summed E-state index contributed by atoms with van der Waals surface area (Å²) in [4.78, 5) is 2.13. The molecule has 1 heterocycles. The van der Waals surface area contributed by atoms with Crippen LogP contribution in [0.3, 0.4) is 0 Å². The number of thioether (sulfide) groups is 1. The second kappa shape index (κ2) is 7.48. The van der Waals surface area contributed by atoms with Gasteiger partial charge in [-0.15, -0.1) is 0 Å². The Balaban J connectivity index is 2.18. The molecule has 0 aromatic carbocycles. The van der Waals surface area contributed by atoms with Crippen molar-refractivity contribution in [1.82, 2.24) is 10.2 Å². The molecule has 1 saturated heterocycles. The standard InChI is InChI=1S/C11H21F3N2S/c1-2-16(7-8-17-11(12,13)14)9-10-3-5-15-6-4-10/h10,15H,2-9H2,1H3. The molecule has 0 spiro atoms. The normalized spacial score (nSPS) is 18.9. The largest absolute Gasteiger partial charge is 0.441 e. The van der Waals surface area contributed by atoms with Gasteiger partial charge in [-0.1, -0.05) is 6.92 Å². The number of nitrogens with one attached hydrogen (secondary N) is 1. The average molecular weight is 270 g/mol. The Morgan fingerprint density at radius 2 is 1.94 bits per heavy atom. The van der Waals surface area contributed by atoms with Crippen molar-refractivity contribution >= 4 is 11.8 Å². The Labute approximate surface area is 105 Å². The van der Waals surface area contributed by atoms with E-state index in [-0.39, 0.29) is 17.5 Å². The van der Waals surface area contributed by atoms with Crippen molar-refractivity contribution in [1.29, 1.82) is 0 Å². The topological polar surface area (TPSA) is 15.3 Å². The van der Waals surface area contributed by atoms with Crippen LogP contribution in [0.1, 0.15) is 19.8 Å². The van der Waals surface area contributed by atoms with Crippen molar-refractivity contribution in [2.45, 2.75) is 25.3 Å². The molecule has 1 rings (SSSR count). The number of nitrogens with zero attached hydrogens (tertiary/aromatic N) is 1. The van der Waals surface area contributed by atoms with Gasteiger partial charge in [-0.2, -0.15) is 13.2 Å². The summed E-state index contributed by atoms with van der Waals surface area (Å²) in [7, 11) is 0. The first kappa shape index (κ1) is 15.1. The molecule has 1 N–H and O–H groups in total. The maximum atomic E-state index is 12.0. The number of piperidine rings is 1. The van der Waals surface area contributed by atoms with Crippen LogP contribution in [0.4, 0.5) is 13.2 Å². The number of hydrogen-bond donors (Lipinski definition) is 1. The molecule has 0 radical (unpaired) electrons. The molecule has 0 amide bonds. The van der Waals surface area contributed by atoms with Crippen LogP contribution in [0.5, 0.6) is 0 Å². The average Bonchev–Trinajstić information content (AvgIpc) is 2.27. The van der Waals surface area contributed by atoms with Crippen molar-refractivity contribution in [3.63, 3.8) is 0 Å².